The molecule has 0 spiro atoms. The average molecular weight is 764 g/mol. The fourth-order valence-corrected chi connectivity index (χ4v) is 5.53. The molecular formula is C38H29IrN5O-2. The van der Waals surface area contributed by atoms with Gasteiger partial charge in [0.25, 0.3) is 0 Å². The van der Waals surface area contributed by atoms with Gasteiger partial charge in [-0.15, -0.1) is 54.1 Å². The number of aryl methyl sites for hydroxylation is 4. The molecule has 0 saturated carbocycles. The van der Waals surface area contributed by atoms with Crippen LogP contribution in [-0.2, 0) is 20.1 Å². The van der Waals surface area contributed by atoms with E-state index in [1.165, 1.54) is 0 Å². The zero-order chi connectivity index (χ0) is 30.2. The first kappa shape index (κ1) is 30.1. The summed E-state index contributed by atoms with van der Waals surface area (Å²) in [5.74, 6) is 0.783. The van der Waals surface area contributed by atoms with Crippen LogP contribution < -0.4 is 0 Å². The van der Waals surface area contributed by atoms with Crippen LogP contribution in [-0.4, -0.2) is 24.5 Å². The van der Waals surface area contributed by atoms with Crippen molar-refractivity contribution in [2.45, 2.75) is 27.7 Å². The average Bonchev–Trinajstić information content (AvgIpc) is 3.64. The quantitative estimate of drug-likeness (QED) is 0.168. The molecule has 5 aromatic heterocycles. The summed E-state index contributed by atoms with van der Waals surface area (Å²) in [7, 11) is 0. The summed E-state index contributed by atoms with van der Waals surface area (Å²) in [5.41, 5.74) is 11.1. The van der Waals surface area contributed by atoms with Gasteiger partial charge in [-0.25, -0.2) is 4.98 Å². The molecule has 0 N–H and O–H groups in total. The van der Waals surface area contributed by atoms with Crippen LogP contribution in [0.15, 0.2) is 108 Å². The van der Waals surface area contributed by atoms with Crippen molar-refractivity contribution in [2.24, 2.45) is 0 Å². The maximum absolute atomic E-state index is 6.28. The van der Waals surface area contributed by atoms with Gasteiger partial charge >= 0.3 is 0 Å². The van der Waals surface area contributed by atoms with Crippen LogP contribution in [0.1, 0.15) is 22.6 Å². The smallest absolute Gasteiger partial charge is 0.216 e. The van der Waals surface area contributed by atoms with Crippen LogP contribution in [0.2, 0.25) is 0 Å². The Balaban J connectivity index is 0.000000231. The Morgan fingerprint density at radius 2 is 1.49 bits per heavy atom. The minimum Gasteiger partial charge on any atom is -0.486 e. The van der Waals surface area contributed by atoms with Crippen LogP contribution in [0.4, 0.5) is 0 Å². The fourth-order valence-electron chi connectivity index (χ4n) is 5.53. The fraction of sp³-hybridized carbons (Fsp3) is 0.105. The Bertz CT molecular complexity index is 2220. The van der Waals surface area contributed by atoms with E-state index in [0.717, 1.165) is 78.4 Å². The number of aromatic nitrogens is 5. The van der Waals surface area contributed by atoms with Gasteiger partial charge in [0.2, 0.25) is 5.71 Å². The molecule has 223 valence electrons. The van der Waals surface area contributed by atoms with E-state index in [9.17, 15) is 0 Å². The molecule has 8 aromatic rings. The zero-order valence-electron chi connectivity index (χ0n) is 25.3. The summed E-state index contributed by atoms with van der Waals surface area (Å²) in [4.78, 5) is 18.6. The second-order valence-electron chi connectivity index (χ2n) is 10.7. The van der Waals surface area contributed by atoms with Crippen LogP contribution in [0.3, 0.4) is 0 Å². The van der Waals surface area contributed by atoms with Gasteiger partial charge in [0, 0.05) is 48.8 Å². The molecule has 0 saturated heterocycles. The van der Waals surface area contributed by atoms with Crippen molar-refractivity contribution in [3.63, 3.8) is 0 Å². The van der Waals surface area contributed by atoms with Gasteiger partial charge in [0.05, 0.1) is 28.1 Å². The molecule has 0 fully saturated rings. The van der Waals surface area contributed by atoms with Gasteiger partial charge in [-0.3, -0.25) is 9.97 Å². The molecule has 0 amide bonds. The monoisotopic (exact) mass is 764 g/mol. The Hall–Kier alpha value is -4.97. The standard InChI is InChI=1S/C27H21N4O.C11H8N.Ir/c1-15-13-14-21-20-11-8-12-22(25(20)32-27(21)28-15)26-30-23-18(4)29-17(3)16(2)24(23)31(26)19-9-6-5-7-10-19;1-2-6-10(7-3-1)11-8-4-5-9-12-11;/h5-11,13-14H,1-4H3;1-6,8-9H;/q2*-1;. The van der Waals surface area contributed by atoms with Crippen molar-refractivity contribution < 1.29 is 24.5 Å². The Labute approximate surface area is 275 Å². The third kappa shape index (κ3) is 5.57. The first-order valence-corrected chi connectivity index (χ1v) is 14.5. The van der Waals surface area contributed by atoms with Crippen molar-refractivity contribution in [1.82, 2.24) is 24.5 Å². The van der Waals surface area contributed by atoms with E-state index in [4.69, 9.17) is 14.4 Å². The number of pyridine rings is 3. The van der Waals surface area contributed by atoms with Crippen molar-refractivity contribution in [1.29, 1.82) is 0 Å². The second kappa shape index (κ2) is 12.6. The molecule has 3 aromatic carbocycles. The molecule has 1 radical (unpaired) electrons. The third-order valence-corrected chi connectivity index (χ3v) is 7.78. The van der Waals surface area contributed by atoms with Crippen LogP contribution >= 0.6 is 0 Å². The Morgan fingerprint density at radius 1 is 0.689 bits per heavy atom. The van der Waals surface area contributed by atoms with E-state index in [2.05, 4.69) is 51.8 Å². The van der Waals surface area contributed by atoms with E-state index in [-0.39, 0.29) is 20.1 Å². The summed E-state index contributed by atoms with van der Waals surface area (Å²) < 4.78 is 8.48. The van der Waals surface area contributed by atoms with Crippen LogP contribution in [0.25, 0.3) is 61.4 Å². The molecule has 0 bridgehead atoms. The molecule has 0 unspecified atom stereocenters. The van der Waals surface area contributed by atoms with Gasteiger partial charge in [-0.1, -0.05) is 41.3 Å². The number of imidazole rings is 1. The van der Waals surface area contributed by atoms with Gasteiger partial charge in [-0.05, 0) is 69.3 Å². The van der Waals surface area contributed by atoms with Gasteiger partial charge < -0.3 is 14.0 Å². The SMILES string of the molecule is Cc1ccc2c(n1)oc1c(-c3nc4c(C)nc(C)c(C)c4n3-c3ccccc3)[c-]ccc12.[Ir].[c-]1ccccc1-c1ccccn1. The molecule has 0 aliphatic carbocycles. The zero-order valence-corrected chi connectivity index (χ0v) is 27.7. The molecule has 6 nitrogen and oxygen atoms in total. The maximum atomic E-state index is 6.28. The second-order valence-corrected chi connectivity index (χ2v) is 10.7. The minimum absolute atomic E-state index is 0. The molecule has 0 atom stereocenters. The predicted molar refractivity (Wildman–Crippen MR) is 176 cm³/mol. The molecular weight excluding hydrogens is 735 g/mol. The minimum atomic E-state index is 0. The molecule has 0 aliphatic rings. The van der Waals surface area contributed by atoms with Crippen molar-refractivity contribution in [3.05, 3.63) is 138 Å². The van der Waals surface area contributed by atoms with Gasteiger partial charge in [-0.2, -0.15) is 0 Å². The van der Waals surface area contributed by atoms with Crippen LogP contribution in [0.5, 0.6) is 0 Å². The summed E-state index contributed by atoms with van der Waals surface area (Å²) in [6, 6.07) is 38.5. The number of fused-ring (bicyclic) bond motifs is 4. The van der Waals surface area contributed by atoms with Gasteiger partial charge in [0.1, 0.15) is 0 Å². The summed E-state index contributed by atoms with van der Waals surface area (Å²) in [6.07, 6.45) is 1.79. The van der Waals surface area contributed by atoms with E-state index in [0.29, 0.717) is 5.71 Å². The number of hydrogen-bond donors (Lipinski definition) is 0. The number of benzene rings is 3. The van der Waals surface area contributed by atoms with Crippen molar-refractivity contribution in [2.75, 3.05) is 0 Å². The summed E-state index contributed by atoms with van der Waals surface area (Å²) in [6.45, 7) is 8.13. The van der Waals surface area contributed by atoms with E-state index >= 15 is 0 Å². The Morgan fingerprint density at radius 3 is 2.24 bits per heavy atom. The number of nitrogens with zero attached hydrogens (tertiary/aromatic N) is 5. The van der Waals surface area contributed by atoms with Crippen molar-refractivity contribution in [3.8, 4) is 28.3 Å². The molecule has 0 aliphatic heterocycles. The van der Waals surface area contributed by atoms with E-state index in [1.807, 2.05) is 99.6 Å². The molecule has 7 heteroatoms. The molecule has 45 heavy (non-hydrogen) atoms. The van der Waals surface area contributed by atoms with Crippen LogP contribution in [0, 0.1) is 39.8 Å². The topological polar surface area (TPSA) is 69.6 Å². The maximum Gasteiger partial charge on any atom is 0.216 e. The van der Waals surface area contributed by atoms with Gasteiger partial charge in [0.15, 0.2) is 0 Å². The van der Waals surface area contributed by atoms with E-state index in [1.54, 1.807) is 6.20 Å². The number of furan rings is 1. The predicted octanol–water partition coefficient (Wildman–Crippen LogP) is 8.96. The molecule has 8 rings (SSSR count). The number of hydrogen-bond acceptors (Lipinski definition) is 5. The third-order valence-electron chi connectivity index (χ3n) is 7.78. The number of rotatable bonds is 3. The van der Waals surface area contributed by atoms with E-state index < -0.39 is 0 Å². The van der Waals surface area contributed by atoms with Crippen molar-refractivity contribution >= 4 is 33.1 Å². The first-order valence-electron chi connectivity index (χ1n) is 14.5. The Kier molecular flexibility index (Phi) is 8.40. The molecule has 5 heterocycles. The summed E-state index contributed by atoms with van der Waals surface area (Å²) in [5, 5.41) is 2.00. The first-order chi connectivity index (χ1) is 21.5. The largest absolute Gasteiger partial charge is 0.486 e. The normalized spacial score (nSPS) is 10.9. The number of para-hydroxylation sites is 1. The summed E-state index contributed by atoms with van der Waals surface area (Å²) >= 11 is 0.